The van der Waals surface area contributed by atoms with Crippen molar-refractivity contribution >= 4 is 34.1 Å². The summed E-state index contributed by atoms with van der Waals surface area (Å²) in [6, 6.07) is 19.8. The van der Waals surface area contributed by atoms with Crippen molar-refractivity contribution in [2.75, 3.05) is 0 Å². The van der Waals surface area contributed by atoms with Gasteiger partial charge < -0.3 is 0 Å². The zero-order valence-electron chi connectivity index (χ0n) is 19.3. The Morgan fingerprint density at radius 1 is 1.00 bits per heavy atom. The summed E-state index contributed by atoms with van der Waals surface area (Å²) >= 11 is 2.99. The average Bonchev–Trinajstić information content (AvgIpc) is 3.57. The maximum absolute atomic E-state index is 13.8. The molecule has 0 bridgehead atoms. The van der Waals surface area contributed by atoms with Crippen molar-refractivity contribution in [2.24, 2.45) is 17.1 Å². The summed E-state index contributed by atoms with van der Waals surface area (Å²) in [5, 5.41) is 8.77. The molecule has 0 aliphatic heterocycles. The second-order valence-electron chi connectivity index (χ2n) is 7.91. The molecule has 0 radical (unpaired) electrons. The van der Waals surface area contributed by atoms with E-state index in [0.717, 1.165) is 22.0 Å². The number of hydrogen-bond acceptors (Lipinski definition) is 5. The van der Waals surface area contributed by atoms with Gasteiger partial charge in [-0.3, -0.25) is 9.48 Å². The van der Waals surface area contributed by atoms with Gasteiger partial charge in [-0.1, -0.05) is 36.4 Å². The van der Waals surface area contributed by atoms with Crippen molar-refractivity contribution in [3.05, 3.63) is 110 Å². The van der Waals surface area contributed by atoms with E-state index in [-0.39, 0.29) is 11.4 Å². The Morgan fingerprint density at radius 3 is 2.51 bits per heavy atom. The first-order valence-electron chi connectivity index (χ1n) is 10.9. The number of nitrogens with zero attached hydrogens (tertiary/aromatic N) is 5. The molecule has 0 amide bonds. The van der Waals surface area contributed by atoms with Gasteiger partial charge in [-0.25, -0.2) is 18.7 Å². The van der Waals surface area contributed by atoms with Crippen LogP contribution in [0.15, 0.2) is 92.4 Å². The van der Waals surface area contributed by atoms with Crippen LogP contribution in [-0.4, -0.2) is 19.8 Å². The van der Waals surface area contributed by atoms with Crippen molar-refractivity contribution in [2.45, 2.75) is 13.8 Å². The Bertz CT molecular complexity index is 1650. The predicted molar refractivity (Wildman–Crippen MR) is 141 cm³/mol. The maximum atomic E-state index is 13.8. The Morgan fingerprint density at radius 2 is 1.80 bits per heavy atom. The van der Waals surface area contributed by atoms with Gasteiger partial charge in [-0.15, -0.1) is 22.7 Å². The molecular formula is C26H22FN5OS2. The topological polar surface area (TPSA) is 56.6 Å². The van der Waals surface area contributed by atoms with Crippen LogP contribution < -0.4 is 10.4 Å². The number of thiazole rings is 1. The Labute approximate surface area is 209 Å². The maximum Gasteiger partial charge on any atom is 0.297 e. The minimum absolute atomic E-state index is 0.209. The van der Waals surface area contributed by atoms with E-state index in [1.54, 1.807) is 31.4 Å². The van der Waals surface area contributed by atoms with Crippen molar-refractivity contribution in [3.63, 3.8) is 0 Å². The quantitative estimate of drug-likeness (QED) is 0.283. The fourth-order valence-corrected chi connectivity index (χ4v) is 5.40. The lowest BCUT2D eigenvalue weighted by Crippen LogP contribution is -2.20. The average molecular weight is 504 g/mol. The Hall–Kier alpha value is -3.82. The molecule has 0 spiro atoms. The molecule has 0 N–H and O–H groups in total. The fraction of sp³-hybridized carbons (Fsp3) is 0.115. The van der Waals surface area contributed by atoms with Gasteiger partial charge in [0.05, 0.1) is 27.7 Å². The van der Waals surface area contributed by atoms with Gasteiger partial charge in [0.1, 0.15) is 5.82 Å². The van der Waals surface area contributed by atoms with Gasteiger partial charge in [0.15, 0.2) is 5.69 Å². The number of thiophene rings is 1. The first-order chi connectivity index (χ1) is 16.9. The summed E-state index contributed by atoms with van der Waals surface area (Å²) in [5.41, 5.74) is 3.81. The molecule has 0 saturated carbocycles. The molecule has 0 aliphatic carbocycles. The lowest BCUT2D eigenvalue weighted by molar-refractivity contribution is 0.627. The predicted octanol–water partition coefficient (Wildman–Crippen LogP) is 5.72. The minimum Gasteiger partial charge on any atom is -0.283 e. The van der Waals surface area contributed by atoms with Crippen molar-refractivity contribution in [3.8, 4) is 16.3 Å². The van der Waals surface area contributed by atoms with E-state index in [1.165, 1.54) is 23.5 Å². The van der Waals surface area contributed by atoms with Crippen molar-refractivity contribution in [1.82, 2.24) is 14.0 Å². The van der Waals surface area contributed by atoms with Crippen LogP contribution in [-0.2, 0) is 7.05 Å². The third-order valence-corrected chi connectivity index (χ3v) is 7.39. The molecule has 0 aliphatic rings. The second kappa shape index (κ2) is 9.44. The molecule has 3 aromatic heterocycles. The molecule has 176 valence electrons. The summed E-state index contributed by atoms with van der Waals surface area (Å²) in [5.74, 6) is -0.322. The van der Waals surface area contributed by atoms with Gasteiger partial charge in [0.25, 0.3) is 5.56 Å². The Balaban J connectivity index is 1.72. The van der Waals surface area contributed by atoms with Gasteiger partial charge in [-0.2, -0.15) is 5.10 Å². The monoisotopic (exact) mass is 503 g/mol. The van der Waals surface area contributed by atoms with Crippen LogP contribution in [0.5, 0.6) is 0 Å². The van der Waals surface area contributed by atoms with Gasteiger partial charge in [0, 0.05) is 18.0 Å². The smallest absolute Gasteiger partial charge is 0.283 e. The van der Waals surface area contributed by atoms with E-state index < -0.39 is 0 Å². The number of rotatable bonds is 5. The van der Waals surface area contributed by atoms with Crippen molar-refractivity contribution in [1.29, 1.82) is 0 Å². The fourth-order valence-electron chi connectivity index (χ4n) is 3.77. The summed E-state index contributed by atoms with van der Waals surface area (Å²) in [6.07, 6.45) is 0. The molecule has 6 nitrogen and oxygen atoms in total. The second-order valence-corrected chi connectivity index (χ2v) is 9.69. The number of aromatic nitrogens is 3. The highest BCUT2D eigenvalue weighted by atomic mass is 32.1. The number of halogens is 1. The highest BCUT2D eigenvalue weighted by Gasteiger charge is 2.17. The van der Waals surface area contributed by atoms with E-state index in [0.29, 0.717) is 21.8 Å². The van der Waals surface area contributed by atoms with E-state index in [4.69, 9.17) is 10.1 Å². The van der Waals surface area contributed by atoms with E-state index in [1.807, 2.05) is 80.2 Å². The lowest BCUT2D eigenvalue weighted by atomic mass is 10.1. The van der Waals surface area contributed by atoms with Gasteiger partial charge in [-0.05, 0) is 49.6 Å². The summed E-state index contributed by atoms with van der Waals surface area (Å²) in [4.78, 5) is 19.8. The first kappa shape index (κ1) is 22.9. The SMILES string of the molecule is CC(=Nn1c(-c2cccs2)csc1=Nc1c(C)n(C)n(-c2ccccc2)c1=O)c1cccc(F)c1. The molecule has 0 unspecified atom stereocenters. The molecule has 5 rings (SSSR count). The number of para-hydroxylation sites is 1. The molecule has 0 atom stereocenters. The van der Waals surface area contributed by atoms with Crippen molar-refractivity contribution < 1.29 is 4.39 Å². The summed E-state index contributed by atoms with van der Waals surface area (Å²) in [7, 11) is 1.84. The molecule has 2 aromatic carbocycles. The number of benzene rings is 2. The van der Waals surface area contributed by atoms with Gasteiger partial charge in [0.2, 0.25) is 4.80 Å². The largest absolute Gasteiger partial charge is 0.297 e. The normalized spacial score (nSPS) is 12.5. The third kappa shape index (κ3) is 4.36. The molecule has 35 heavy (non-hydrogen) atoms. The zero-order valence-corrected chi connectivity index (χ0v) is 21.0. The van der Waals surface area contributed by atoms with Gasteiger partial charge >= 0.3 is 0 Å². The van der Waals surface area contributed by atoms with E-state index >= 15 is 0 Å². The van der Waals surface area contributed by atoms with E-state index in [9.17, 15) is 9.18 Å². The standard InChI is InChI=1S/C26H22FN5OS2/c1-17(19-9-7-10-20(27)15-19)29-31-22(23-13-8-14-34-23)16-35-26(31)28-24-18(2)30(3)32(25(24)33)21-11-5-4-6-12-21/h4-16H,1-3H3. The lowest BCUT2D eigenvalue weighted by Gasteiger charge is -2.07. The third-order valence-electron chi connectivity index (χ3n) is 5.68. The highest BCUT2D eigenvalue weighted by molar-refractivity contribution is 7.14. The first-order valence-corrected chi connectivity index (χ1v) is 12.6. The van der Waals surface area contributed by atoms with Crippen LogP contribution in [0.4, 0.5) is 10.1 Å². The zero-order chi connectivity index (χ0) is 24.5. The summed E-state index contributed by atoms with van der Waals surface area (Å²) < 4.78 is 19.0. The Kier molecular flexibility index (Phi) is 6.19. The van der Waals surface area contributed by atoms with Crippen LogP contribution >= 0.6 is 22.7 Å². The molecule has 3 heterocycles. The molecule has 9 heteroatoms. The number of hydrogen-bond donors (Lipinski definition) is 0. The molecular weight excluding hydrogens is 481 g/mol. The van der Waals surface area contributed by atoms with Crippen LogP contribution in [0.25, 0.3) is 16.3 Å². The molecule has 0 fully saturated rings. The molecule has 5 aromatic rings. The van der Waals surface area contributed by atoms with Crippen LogP contribution in [0.1, 0.15) is 18.2 Å². The van der Waals surface area contributed by atoms with E-state index in [2.05, 4.69) is 0 Å². The highest BCUT2D eigenvalue weighted by Crippen LogP contribution is 2.26. The molecule has 0 saturated heterocycles. The van der Waals surface area contributed by atoms with Crippen LogP contribution in [0, 0.1) is 12.7 Å². The minimum atomic E-state index is -0.322. The van der Waals surface area contributed by atoms with Crippen LogP contribution in [0.3, 0.4) is 0 Å². The van der Waals surface area contributed by atoms with Crippen LogP contribution in [0.2, 0.25) is 0 Å². The summed E-state index contributed by atoms with van der Waals surface area (Å²) in [6.45, 7) is 3.71.